The molecule has 0 saturated carbocycles. The van der Waals surface area contributed by atoms with E-state index in [0.717, 1.165) is 5.56 Å². The van der Waals surface area contributed by atoms with E-state index in [9.17, 15) is 14.4 Å². The second-order valence-corrected chi connectivity index (χ2v) is 9.50. The molecule has 40 heavy (non-hydrogen) atoms. The first-order valence-electron chi connectivity index (χ1n) is 13.2. The quantitative estimate of drug-likeness (QED) is 0.359. The number of allylic oxidation sites excluding steroid dienone is 3. The number of nitrogens with one attached hydrogen (secondary N) is 1. The minimum Gasteiger partial charge on any atom is -0.497 e. The predicted molar refractivity (Wildman–Crippen MR) is 147 cm³/mol. The molecule has 2 aromatic carbocycles. The normalized spacial score (nSPS) is 20.4. The maximum Gasteiger partial charge on any atom is 0.336 e. The summed E-state index contributed by atoms with van der Waals surface area (Å²) in [6, 6.07) is 12.5. The van der Waals surface area contributed by atoms with Crippen molar-refractivity contribution < 1.29 is 38.1 Å². The van der Waals surface area contributed by atoms with E-state index in [4.69, 9.17) is 23.7 Å². The number of hydrogen-bond donors (Lipinski definition) is 1. The van der Waals surface area contributed by atoms with Gasteiger partial charge in [0.1, 0.15) is 23.2 Å². The maximum absolute atomic E-state index is 14.5. The summed E-state index contributed by atoms with van der Waals surface area (Å²) in [6.45, 7) is 5.48. The van der Waals surface area contributed by atoms with Crippen LogP contribution in [0.1, 0.15) is 50.2 Å². The van der Waals surface area contributed by atoms with Gasteiger partial charge in [-0.05, 0) is 63.1 Å². The molecule has 9 nitrogen and oxygen atoms in total. The Balaban J connectivity index is 1.95. The smallest absolute Gasteiger partial charge is 0.336 e. The van der Waals surface area contributed by atoms with Gasteiger partial charge in [0.25, 0.3) is 0 Å². The molecule has 1 heterocycles. The fraction of sp³-hybridized carbons (Fsp3) is 0.387. The molecule has 0 unspecified atom stereocenters. The Morgan fingerprint density at radius 3 is 2.15 bits per heavy atom. The summed E-state index contributed by atoms with van der Waals surface area (Å²) in [5.41, 5.74) is 3.12. The summed E-state index contributed by atoms with van der Waals surface area (Å²) in [5.74, 6) is -2.41. The SMILES string of the molecule is CCOC(=O)C1=C(C)NC2=C(C(=O)[C@H](C(=O)OCC)[C@@H](c3ccc(OC)cc3)C2)[C@@H]1c1cc(OC)ccc1OC. The highest BCUT2D eigenvalue weighted by atomic mass is 16.5. The van der Waals surface area contributed by atoms with E-state index in [0.29, 0.717) is 46.2 Å². The first-order valence-corrected chi connectivity index (χ1v) is 13.2. The molecule has 0 bridgehead atoms. The molecule has 212 valence electrons. The summed E-state index contributed by atoms with van der Waals surface area (Å²) < 4.78 is 27.3. The fourth-order valence-electron chi connectivity index (χ4n) is 5.56. The van der Waals surface area contributed by atoms with Crippen LogP contribution in [0.3, 0.4) is 0 Å². The van der Waals surface area contributed by atoms with Crippen LogP contribution in [0.2, 0.25) is 0 Å². The van der Waals surface area contributed by atoms with Crippen molar-refractivity contribution in [3.05, 3.63) is 76.1 Å². The van der Waals surface area contributed by atoms with E-state index in [1.165, 1.54) is 14.2 Å². The van der Waals surface area contributed by atoms with Gasteiger partial charge in [-0.15, -0.1) is 0 Å². The van der Waals surface area contributed by atoms with Crippen molar-refractivity contribution in [1.29, 1.82) is 0 Å². The standard InChI is InChI=1S/C31H35NO8/c1-7-39-30(34)25-17(3)32-23-16-21(18-9-11-19(36-4)12-10-18)27(31(35)40-8-2)29(33)28(23)26(25)22-15-20(37-5)13-14-24(22)38-6/h9-15,21,26-27,32H,7-8,16H2,1-6H3/t21-,26-,27-/m1/s1. The lowest BCUT2D eigenvalue weighted by Gasteiger charge is -2.39. The molecule has 1 aliphatic heterocycles. The number of methoxy groups -OCH3 is 3. The topological polar surface area (TPSA) is 109 Å². The molecule has 0 aromatic heterocycles. The summed E-state index contributed by atoms with van der Waals surface area (Å²) in [7, 11) is 4.63. The minimum absolute atomic E-state index is 0.127. The van der Waals surface area contributed by atoms with Gasteiger partial charge in [-0.2, -0.15) is 0 Å². The lowest BCUT2D eigenvalue weighted by Crippen LogP contribution is -2.43. The maximum atomic E-state index is 14.5. The van der Waals surface area contributed by atoms with Crippen LogP contribution in [0, 0.1) is 5.92 Å². The molecule has 3 atom stereocenters. The van der Waals surface area contributed by atoms with E-state index < -0.39 is 35.5 Å². The number of esters is 2. The Morgan fingerprint density at radius 2 is 1.55 bits per heavy atom. The molecule has 0 spiro atoms. The lowest BCUT2D eigenvalue weighted by molar-refractivity contribution is -0.152. The van der Waals surface area contributed by atoms with Crippen molar-refractivity contribution in [3.63, 3.8) is 0 Å². The average Bonchev–Trinajstić information content (AvgIpc) is 2.96. The lowest BCUT2D eigenvalue weighted by atomic mass is 9.67. The van der Waals surface area contributed by atoms with Crippen LogP contribution in [-0.2, 0) is 23.9 Å². The van der Waals surface area contributed by atoms with Gasteiger partial charge in [-0.25, -0.2) is 4.79 Å². The number of ether oxygens (including phenoxy) is 5. The van der Waals surface area contributed by atoms with E-state index in [2.05, 4.69) is 5.32 Å². The van der Waals surface area contributed by atoms with E-state index in [1.54, 1.807) is 58.2 Å². The number of ketones is 1. The Bertz CT molecular complexity index is 1360. The zero-order valence-electron chi connectivity index (χ0n) is 23.7. The number of dihydropyridines is 1. The molecular weight excluding hydrogens is 514 g/mol. The molecule has 1 aliphatic carbocycles. The van der Waals surface area contributed by atoms with Crippen molar-refractivity contribution in [2.24, 2.45) is 5.92 Å². The van der Waals surface area contributed by atoms with Crippen LogP contribution in [0.4, 0.5) is 0 Å². The minimum atomic E-state index is -1.12. The molecule has 2 aliphatic rings. The Morgan fingerprint density at radius 1 is 0.900 bits per heavy atom. The van der Waals surface area contributed by atoms with Crippen molar-refractivity contribution >= 4 is 17.7 Å². The van der Waals surface area contributed by atoms with Crippen LogP contribution >= 0.6 is 0 Å². The summed E-state index contributed by atoms with van der Waals surface area (Å²) in [6.07, 6.45) is 0.340. The Kier molecular flexibility index (Phi) is 8.82. The molecule has 1 N–H and O–H groups in total. The van der Waals surface area contributed by atoms with Crippen LogP contribution in [0.25, 0.3) is 0 Å². The van der Waals surface area contributed by atoms with Crippen molar-refractivity contribution in [2.75, 3.05) is 34.5 Å². The van der Waals surface area contributed by atoms with E-state index >= 15 is 0 Å². The van der Waals surface area contributed by atoms with Gasteiger partial charge in [0.2, 0.25) is 0 Å². The van der Waals surface area contributed by atoms with Crippen molar-refractivity contribution in [3.8, 4) is 17.2 Å². The monoisotopic (exact) mass is 549 g/mol. The third kappa shape index (κ3) is 5.28. The highest BCUT2D eigenvalue weighted by molar-refractivity contribution is 6.13. The van der Waals surface area contributed by atoms with Crippen molar-refractivity contribution in [1.82, 2.24) is 5.32 Å². The molecular formula is C31H35NO8. The van der Waals surface area contributed by atoms with Crippen LogP contribution in [0.15, 0.2) is 65.0 Å². The predicted octanol–water partition coefficient (Wildman–Crippen LogP) is 4.43. The van der Waals surface area contributed by atoms with Crippen LogP contribution < -0.4 is 19.5 Å². The number of Topliss-reactive ketones (excluding diaryl/α,β-unsaturated/α-hetero) is 1. The largest absolute Gasteiger partial charge is 0.497 e. The third-order valence-electron chi connectivity index (χ3n) is 7.35. The zero-order valence-corrected chi connectivity index (χ0v) is 23.7. The molecule has 9 heteroatoms. The molecule has 4 rings (SSSR count). The zero-order chi connectivity index (χ0) is 29.0. The molecule has 2 aromatic rings. The first-order chi connectivity index (χ1) is 19.3. The van der Waals surface area contributed by atoms with Gasteiger partial charge < -0.3 is 29.0 Å². The summed E-state index contributed by atoms with van der Waals surface area (Å²) in [5, 5.41) is 3.31. The Labute approximate surface area is 234 Å². The van der Waals surface area contributed by atoms with Crippen LogP contribution in [-0.4, -0.2) is 52.3 Å². The number of rotatable bonds is 9. The number of carbonyl (C=O) groups excluding carboxylic acids is 3. The molecule has 0 radical (unpaired) electrons. The molecule has 0 amide bonds. The highest BCUT2D eigenvalue weighted by Gasteiger charge is 2.49. The summed E-state index contributed by atoms with van der Waals surface area (Å²) in [4.78, 5) is 41.2. The summed E-state index contributed by atoms with van der Waals surface area (Å²) >= 11 is 0. The molecule has 0 fully saturated rings. The number of carbonyl (C=O) groups is 3. The average molecular weight is 550 g/mol. The second kappa shape index (κ2) is 12.3. The third-order valence-corrected chi connectivity index (χ3v) is 7.35. The fourth-order valence-corrected chi connectivity index (χ4v) is 5.56. The second-order valence-electron chi connectivity index (χ2n) is 9.50. The van der Waals surface area contributed by atoms with Gasteiger partial charge in [0, 0.05) is 28.4 Å². The van der Waals surface area contributed by atoms with E-state index in [-0.39, 0.29) is 18.8 Å². The highest BCUT2D eigenvalue weighted by Crippen LogP contribution is 2.50. The number of benzene rings is 2. The van der Waals surface area contributed by atoms with Gasteiger partial charge in [0.15, 0.2) is 5.78 Å². The van der Waals surface area contributed by atoms with Crippen LogP contribution in [0.5, 0.6) is 17.2 Å². The molecule has 0 saturated heterocycles. The first kappa shape index (κ1) is 28.7. The van der Waals surface area contributed by atoms with Gasteiger partial charge in [-0.3, -0.25) is 9.59 Å². The van der Waals surface area contributed by atoms with Gasteiger partial charge in [0.05, 0.1) is 46.0 Å². The van der Waals surface area contributed by atoms with Gasteiger partial charge >= 0.3 is 11.9 Å². The van der Waals surface area contributed by atoms with Crippen molar-refractivity contribution in [2.45, 2.75) is 39.0 Å². The Hall–Kier alpha value is -4.27. The van der Waals surface area contributed by atoms with E-state index in [1.807, 2.05) is 12.1 Å². The van der Waals surface area contributed by atoms with Gasteiger partial charge in [-0.1, -0.05) is 12.1 Å². The number of hydrogen-bond acceptors (Lipinski definition) is 9.